The van der Waals surface area contributed by atoms with Gasteiger partial charge in [-0.05, 0) is 69.5 Å². The average Bonchev–Trinajstić information content (AvgIpc) is 2.76. The monoisotopic (exact) mass is 325 g/mol. The van der Waals surface area contributed by atoms with Crippen molar-refractivity contribution in [1.29, 1.82) is 5.41 Å². The smallest absolute Gasteiger partial charge is 0.0486 e. The number of hydrogen-bond donors (Lipinski definition) is 2. The van der Waals surface area contributed by atoms with Gasteiger partial charge in [0.2, 0.25) is 0 Å². The predicted octanol–water partition coefficient (Wildman–Crippen LogP) is 5.00. The molecule has 2 heterocycles. The zero-order chi connectivity index (χ0) is 17.4. The van der Waals surface area contributed by atoms with Crippen LogP contribution in [0.4, 0.5) is 0 Å². The van der Waals surface area contributed by atoms with E-state index in [0.717, 1.165) is 38.9 Å². The van der Waals surface area contributed by atoms with Gasteiger partial charge in [0.1, 0.15) is 0 Å². The van der Waals surface area contributed by atoms with Crippen LogP contribution in [0.5, 0.6) is 0 Å². The molecule has 3 nitrogen and oxygen atoms in total. The number of nitrogens with one attached hydrogen (secondary N) is 2. The third-order valence-electron chi connectivity index (χ3n) is 4.53. The van der Waals surface area contributed by atoms with Gasteiger partial charge in [0.05, 0.1) is 0 Å². The molecule has 3 rings (SSSR count). The molecule has 0 saturated heterocycles. The van der Waals surface area contributed by atoms with Crippen molar-refractivity contribution in [3.05, 3.63) is 47.7 Å². The first-order valence-corrected chi connectivity index (χ1v) is 9.14. The maximum atomic E-state index is 7.20. The quantitative estimate of drug-likeness (QED) is 0.453. The van der Waals surface area contributed by atoms with E-state index >= 15 is 0 Å². The van der Waals surface area contributed by atoms with Crippen molar-refractivity contribution in [2.75, 3.05) is 6.54 Å². The zero-order valence-electron chi connectivity index (χ0n) is 15.2. The molecule has 0 fully saturated rings. The Hall–Kier alpha value is -1.87. The molecule has 1 aliphatic heterocycles. The Morgan fingerprint density at radius 3 is 2.88 bits per heavy atom. The van der Waals surface area contributed by atoms with Gasteiger partial charge in [-0.1, -0.05) is 24.6 Å². The Morgan fingerprint density at radius 1 is 1.38 bits per heavy atom. The topological polar surface area (TPSA) is 40.8 Å². The second-order valence-electron chi connectivity index (χ2n) is 6.42. The molecule has 0 spiro atoms. The van der Waals surface area contributed by atoms with Gasteiger partial charge in [-0.2, -0.15) is 0 Å². The lowest BCUT2D eigenvalue weighted by atomic mass is 10.1. The van der Waals surface area contributed by atoms with E-state index in [9.17, 15) is 0 Å². The molecule has 0 amide bonds. The molecule has 0 aliphatic carbocycles. The number of aryl methyl sites for hydroxylation is 2. The van der Waals surface area contributed by atoms with Crippen LogP contribution in [0.3, 0.4) is 0 Å². The number of allylic oxidation sites excluding steroid dienone is 1. The third-order valence-corrected chi connectivity index (χ3v) is 4.53. The summed E-state index contributed by atoms with van der Waals surface area (Å²) in [6.45, 7) is 10.8. The largest absolute Gasteiger partial charge is 0.344 e. The fourth-order valence-corrected chi connectivity index (χ4v) is 3.27. The molecule has 24 heavy (non-hydrogen) atoms. The van der Waals surface area contributed by atoms with Crippen LogP contribution in [0.1, 0.15) is 49.4 Å². The Balaban J connectivity index is 0.000000471. The van der Waals surface area contributed by atoms with Crippen molar-refractivity contribution in [3.8, 4) is 0 Å². The van der Waals surface area contributed by atoms with Crippen LogP contribution < -0.4 is 5.32 Å². The number of fused-ring (bicyclic) bond motifs is 3. The summed E-state index contributed by atoms with van der Waals surface area (Å²) < 4.78 is 2.50. The molecule has 1 aromatic heterocycles. The van der Waals surface area contributed by atoms with Crippen molar-refractivity contribution < 1.29 is 0 Å². The third kappa shape index (κ3) is 4.35. The molecule has 2 aromatic rings. The van der Waals surface area contributed by atoms with Crippen LogP contribution in [0.25, 0.3) is 10.9 Å². The number of benzene rings is 1. The van der Waals surface area contributed by atoms with E-state index < -0.39 is 0 Å². The minimum absolute atomic E-state index is 0.874. The second kappa shape index (κ2) is 9.43. The highest BCUT2D eigenvalue weighted by Gasteiger charge is 2.18. The molecule has 0 bridgehead atoms. The molecule has 2 N–H and O–H groups in total. The van der Waals surface area contributed by atoms with Crippen LogP contribution in [0.15, 0.2) is 30.9 Å². The van der Waals surface area contributed by atoms with Gasteiger partial charge >= 0.3 is 0 Å². The highest BCUT2D eigenvalue weighted by molar-refractivity contribution is 5.86. The fourth-order valence-electron chi connectivity index (χ4n) is 3.27. The standard InChI is InChI=1S/C17H23N3.C4H8/c1-13-6-7-17-14(11-13)15-12-19-9-4-5-16(15)20(17)10-3-2-8-18;1-3-4-2/h6-8,11,18-19H,2-5,9-10,12H2,1H3;3H,1,4H2,2H3. The predicted molar refractivity (Wildman–Crippen MR) is 105 cm³/mol. The van der Waals surface area contributed by atoms with E-state index in [1.54, 1.807) is 0 Å². The van der Waals surface area contributed by atoms with Crippen molar-refractivity contribution in [2.45, 2.75) is 59.0 Å². The van der Waals surface area contributed by atoms with Gasteiger partial charge in [0, 0.05) is 29.7 Å². The lowest BCUT2D eigenvalue weighted by Crippen LogP contribution is -2.11. The van der Waals surface area contributed by atoms with Gasteiger partial charge in [-0.25, -0.2) is 0 Å². The molecule has 0 radical (unpaired) electrons. The first kappa shape index (κ1) is 18.5. The maximum absolute atomic E-state index is 7.20. The van der Waals surface area contributed by atoms with E-state index in [1.807, 2.05) is 6.08 Å². The van der Waals surface area contributed by atoms with Crippen molar-refractivity contribution >= 4 is 17.1 Å². The number of rotatable bonds is 5. The molecule has 1 aliphatic rings. The molecular weight excluding hydrogens is 294 g/mol. The Bertz CT molecular complexity index is 682. The van der Waals surface area contributed by atoms with Crippen LogP contribution in [0, 0.1) is 12.3 Å². The Labute approximate surface area is 146 Å². The highest BCUT2D eigenvalue weighted by atomic mass is 15.0. The number of nitrogens with zero attached hydrogens (tertiary/aromatic N) is 1. The van der Waals surface area contributed by atoms with E-state index in [4.69, 9.17) is 5.41 Å². The number of aromatic nitrogens is 1. The molecular formula is C21H31N3. The number of unbranched alkanes of at least 4 members (excludes halogenated alkanes) is 1. The van der Waals surface area contributed by atoms with Crippen LogP contribution in [0.2, 0.25) is 0 Å². The first-order valence-electron chi connectivity index (χ1n) is 9.14. The van der Waals surface area contributed by atoms with Crippen LogP contribution in [-0.2, 0) is 19.5 Å². The summed E-state index contributed by atoms with van der Waals surface area (Å²) in [6, 6.07) is 6.81. The average molecular weight is 326 g/mol. The minimum Gasteiger partial charge on any atom is -0.344 e. The SMILES string of the molecule is C=CCC.Cc1ccc2c(c1)c1c(n2CCCC=N)CCCNC1. The Kier molecular flexibility index (Phi) is 7.26. The summed E-state index contributed by atoms with van der Waals surface area (Å²) in [5.41, 5.74) is 5.71. The van der Waals surface area contributed by atoms with Gasteiger partial charge < -0.3 is 15.3 Å². The van der Waals surface area contributed by atoms with E-state index in [1.165, 1.54) is 46.8 Å². The zero-order valence-corrected chi connectivity index (χ0v) is 15.2. The van der Waals surface area contributed by atoms with Crippen molar-refractivity contribution in [2.24, 2.45) is 0 Å². The number of hydrogen-bond acceptors (Lipinski definition) is 2. The molecule has 1 aromatic carbocycles. The van der Waals surface area contributed by atoms with Gasteiger partial charge in [0.25, 0.3) is 0 Å². The van der Waals surface area contributed by atoms with Crippen LogP contribution in [-0.4, -0.2) is 17.3 Å². The van der Waals surface area contributed by atoms with Gasteiger partial charge in [-0.3, -0.25) is 0 Å². The molecule has 3 heteroatoms. The van der Waals surface area contributed by atoms with E-state index in [2.05, 4.69) is 48.5 Å². The summed E-state index contributed by atoms with van der Waals surface area (Å²) in [6.07, 6.45) is 8.79. The second-order valence-corrected chi connectivity index (χ2v) is 6.42. The van der Waals surface area contributed by atoms with Crippen LogP contribution >= 0.6 is 0 Å². The van der Waals surface area contributed by atoms with Gasteiger partial charge in [-0.15, -0.1) is 6.58 Å². The highest BCUT2D eigenvalue weighted by Crippen LogP contribution is 2.29. The van der Waals surface area contributed by atoms with E-state index in [0.29, 0.717) is 0 Å². The summed E-state index contributed by atoms with van der Waals surface area (Å²) in [7, 11) is 0. The normalized spacial score (nSPS) is 13.6. The van der Waals surface area contributed by atoms with Crippen molar-refractivity contribution in [1.82, 2.24) is 9.88 Å². The summed E-state index contributed by atoms with van der Waals surface area (Å²) in [4.78, 5) is 0. The summed E-state index contributed by atoms with van der Waals surface area (Å²) in [5, 5.41) is 12.2. The maximum Gasteiger partial charge on any atom is 0.0486 e. The lowest BCUT2D eigenvalue weighted by Gasteiger charge is -2.10. The summed E-state index contributed by atoms with van der Waals surface area (Å²) in [5.74, 6) is 0. The molecule has 130 valence electrons. The molecule has 0 saturated carbocycles. The fraction of sp³-hybridized carbons (Fsp3) is 0.476. The molecule has 0 atom stereocenters. The Morgan fingerprint density at radius 2 is 2.17 bits per heavy atom. The van der Waals surface area contributed by atoms with E-state index in [-0.39, 0.29) is 0 Å². The summed E-state index contributed by atoms with van der Waals surface area (Å²) >= 11 is 0. The van der Waals surface area contributed by atoms with Gasteiger partial charge in [0.15, 0.2) is 0 Å². The first-order chi connectivity index (χ1) is 11.7. The molecule has 0 unspecified atom stereocenters. The van der Waals surface area contributed by atoms with Crippen molar-refractivity contribution in [3.63, 3.8) is 0 Å². The lowest BCUT2D eigenvalue weighted by molar-refractivity contribution is 0.637. The minimum atomic E-state index is 0.874.